The Labute approximate surface area is 120 Å². The number of carbonyl (C=O) groups excluding carboxylic acids is 1. The fourth-order valence-electron chi connectivity index (χ4n) is 2.14. The quantitative estimate of drug-likeness (QED) is 0.619. The predicted octanol–water partition coefficient (Wildman–Crippen LogP) is 1.33. The summed E-state index contributed by atoms with van der Waals surface area (Å²) in [5.74, 6) is -1.64. The molecule has 0 aromatic heterocycles. The van der Waals surface area contributed by atoms with E-state index in [1.807, 2.05) is 0 Å². The molecule has 0 saturated carbocycles. The van der Waals surface area contributed by atoms with Gasteiger partial charge in [-0.25, -0.2) is 8.42 Å². The minimum Gasteiger partial charge on any atom is -0.299 e. The van der Waals surface area contributed by atoms with Gasteiger partial charge in [0.2, 0.25) is 15.8 Å². The third kappa shape index (κ3) is 2.93. The van der Waals surface area contributed by atoms with E-state index in [0.29, 0.717) is 6.07 Å². The number of piperidine rings is 1. The zero-order valence-corrected chi connectivity index (χ0v) is 12.0. The van der Waals surface area contributed by atoms with Crippen LogP contribution >= 0.6 is 0 Å². The molecule has 9 heteroatoms. The molecule has 1 unspecified atom stereocenters. The summed E-state index contributed by atoms with van der Waals surface area (Å²) in [4.78, 5) is 20.7. The number of sulfonamides is 1. The summed E-state index contributed by atoms with van der Waals surface area (Å²) in [6.45, 7) is 1.68. The van der Waals surface area contributed by atoms with Crippen LogP contribution in [0.15, 0.2) is 23.1 Å². The van der Waals surface area contributed by atoms with Crippen molar-refractivity contribution < 1.29 is 22.5 Å². The molecule has 1 saturated heterocycles. The highest BCUT2D eigenvalue weighted by Gasteiger charge is 2.33. The minimum absolute atomic E-state index is 0.0173. The third-order valence-electron chi connectivity index (χ3n) is 3.39. The molecule has 0 radical (unpaired) electrons. The van der Waals surface area contributed by atoms with E-state index in [0.717, 1.165) is 16.4 Å². The first kappa shape index (κ1) is 15.5. The fraction of sp³-hybridized carbons (Fsp3) is 0.417. The largest absolute Gasteiger partial charge is 0.304 e. The van der Waals surface area contributed by atoms with Crippen molar-refractivity contribution in [2.24, 2.45) is 5.92 Å². The molecule has 0 bridgehead atoms. The molecule has 21 heavy (non-hydrogen) atoms. The Balaban J connectivity index is 2.34. The van der Waals surface area contributed by atoms with Crippen LogP contribution in [0, 0.1) is 21.8 Å². The van der Waals surface area contributed by atoms with E-state index < -0.39 is 32.4 Å². The van der Waals surface area contributed by atoms with Gasteiger partial charge in [0.05, 0.1) is 9.82 Å². The maximum Gasteiger partial charge on any atom is 0.304 e. The first-order chi connectivity index (χ1) is 9.73. The van der Waals surface area contributed by atoms with Crippen LogP contribution in [0.5, 0.6) is 0 Å². The van der Waals surface area contributed by atoms with Crippen molar-refractivity contribution in [1.29, 1.82) is 0 Å². The van der Waals surface area contributed by atoms with Gasteiger partial charge >= 0.3 is 5.69 Å². The summed E-state index contributed by atoms with van der Waals surface area (Å²) in [7, 11) is -3.96. The lowest BCUT2D eigenvalue weighted by Crippen LogP contribution is -2.43. The molecule has 1 aliphatic rings. The van der Waals surface area contributed by atoms with Gasteiger partial charge in [-0.2, -0.15) is 8.70 Å². The fourth-order valence-corrected chi connectivity index (χ4v) is 3.69. The van der Waals surface area contributed by atoms with E-state index >= 15 is 0 Å². The lowest BCUT2D eigenvalue weighted by Gasteiger charge is -2.29. The second-order valence-corrected chi connectivity index (χ2v) is 6.79. The maximum absolute atomic E-state index is 13.6. The van der Waals surface area contributed by atoms with Crippen molar-refractivity contribution in [1.82, 2.24) is 4.31 Å². The first-order valence-electron chi connectivity index (χ1n) is 6.20. The van der Waals surface area contributed by atoms with Gasteiger partial charge in [-0.15, -0.1) is 0 Å². The molecule has 1 aliphatic heterocycles. The normalized spacial score (nSPS) is 20.5. The third-order valence-corrected chi connectivity index (χ3v) is 5.25. The SMILES string of the molecule is CC1CN(S(=O)(=O)c2ccc([N+](=O)[O-])c(F)c2)CCC1=O. The van der Waals surface area contributed by atoms with Crippen molar-refractivity contribution in [3.05, 3.63) is 34.1 Å². The molecular formula is C12H13FN2O5S. The number of ketones is 1. The summed E-state index contributed by atoms with van der Waals surface area (Å²) >= 11 is 0. The summed E-state index contributed by atoms with van der Waals surface area (Å²) in [6.07, 6.45) is 0.107. The maximum atomic E-state index is 13.6. The molecule has 1 atom stereocenters. The van der Waals surface area contributed by atoms with Crippen LogP contribution in [0.4, 0.5) is 10.1 Å². The molecule has 2 rings (SSSR count). The zero-order valence-electron chi connectivity index (χ0n) is 11.2. The van der Waals surface area contributed by atoms with Gasteiger partial charge in [0.25, 0.3) is 0 Å². The second-order valence-electron chi connectivity index (χ2n) is 4.85. The van der Waals surface area contributed by atoms with Crippen molar-refractivity contribution in [2.45, 2.75) is 18.2 Å². The highest BCUT2D eigenvalue weighted by Crippen LogP contribution is 2.25. The number of hydrogen-bond acceptors (Lipinski definition) is 5. The van der Waals surface area contributed by atoms with E-state index in [1.54, 1.807) is 6.92 Å². The van der Waals surface area contributed by atoms with E-state index in [9.17, 15) is 27.7 Å². The number of rotatable bonds is 3. The van der Waals surface area contributed by atoms with Crippen molar-refractivity contribution in [3.8, 4) is 0 Å². The molecule has 0 N–H and O–H groups in total. The summed E-state index contributed by atoms with van der Waals surface area (Å²) in [5, 5.41) is 10.5. The Kier molecular flexibility index (Phi) is 4.06. The first-order valence-corrected chi connectivity index (χ1v) is 7.64. The topological polar surface area (TPSA) is 97.6 Å². The Morgan fingerprint density at radius 3 is 2.62 bits per heavy atom. The molecule has 114 valence electrons. The van der Waals surface area contributed by atoms with Crippen LogP contribution in [-0.4, -0.2) is 36.5 Å². The highest BCUT2D eigenvalue weighted by atomic mass is 32.2. The average molecular weight is 316 g/mol. The Hall–Kier alpha value is -1.87. The number of nitro groups is 1. The van der Waals surface area contributed by atoms with Gasteiger partial charge in [0.15, 0.2) is 0 Å². The monoisotopic (exact) mass is 316 g/mol. The van der Waals surface area contributed by atoms with Gasteiger partial charge in [0, 0.05) is 37.6 Å². The lowest BCUT2D eigenvalue weighted by atomic mass is 10.0. The van der Waals surface area contributed by atoms with Crippen LogP contribution in [-0.2, 0) is 14.8 Å². The van der Waals surface area contributed by atoms with Crippen LogP contribution in [0.1, 0.15) is 13.3 Å². The molecule has 1 fully saturated rings. The molecule has 0 amide bonds. The van der Waals surface area contributed by atoms with E-state index in [4.69, 9.17) is 0 Å². The van der Waals surface area contributed by atoms with Crippen molar-refractivity contribution in [2.75, 3.05) is 13.1 Å². The average Bonchev–Trinajstić information content (AvgIpc) is 2.41. The summed E-state index contributed by atoms with van der Waals surface area (Å²) < 4.78 is 39.4. The number of nitro benzene ring substituents is 1. The van der Waals surface area contributed by atoms with Gasteiger partial charge in [-0.1, -0.05) is 6.92 Å². The highest BCUT2D eigenvalue weighted by molar-refractivity contribution is 7.89. The Morgan fingerprint density at radius 1 is 1.43 bits per heavy atom. The molecule has 0 aliphatic carbocycles. The summed E-state index contributed by atoms with van der Waals surface area (Å²) in [5.41, 5.74) is -0.781. The number of halogens is 1. The van der Waals surface area contributed by atoms with Crippen LogP contribution in [0.2, 0.25) is 0 Å². The van der Waals surface area contributed by atoms with E-state index in [2.05, 4.69) is 0 Å². The Bertz CT molecular complexity index is 704. The number of Topliss-reactive ketones (excluding diaryl/α,β-unsaturated/α-hetero) is 1. The van der Waals surface area contributed by atoms with Crippen LogP contribution in [0.25, 0.3) is 0 Å². The van der Waals surface area contributed by atoms with E-state index in [1.165, 1.54) is 0 Å². The zero-order chi connectivity index (χ0) is 15.8. The lowest BCUT2D eigenvalue weighted by molar-refractivity contribution is -0.387. The molecule has 1 aromatic rings. The number of nitrogens with zero attached hydrogens (tertiary/aromatic N) is 2. The van der Waals surface area contributed by atoms with E-state index in [-0.39, 0.29) is 30.2 Å². The number of benzene rings is 1. The second kappa shape index (κ2) is 5.49. The summed E-state index contributed by atoms with van der Waals surface area (Å²) in [6, 6.07) is 2.45. The molecule has 1 heterocycles. The van der Waals surface area contributed by atoms with Gasteiger partial charge < -0.3 is 0 Å². The molecule has 0 spiro atoms. The molecular weight excluding hydrogens is 303 g/mol. The van der Waals surface area contributed by atoms with Gasteiger partial charge in [-0.05, 0) is 6.07 Å². The molecule has 1 aromatic carbocycles. The van der Waals surface area contributed by atoms with Crippen molar-refractivity contribution >= 4 is 21.5 Å². The van der Waals surface area contributed by atoms with Crippen LogP contribution in [0.3, 0.4) is 0 Å². The van der Waals surface area contributed by atoms with Gasteiger partial charge in [0.1, 0.15) is 5.78 Å². The van der Waals surface area contributed by atoms with Crippen molar-refractivity contribution in [3.63, 3.8) is 0 Å². The number of hydrogen-bond donors (Lipinski definition) is 0. The smallest absolute Gasteiger partial charge is 0.299 e. The molecule has 7 nitrogen and oxygen atoms in total. The standard InChI is InChI=1S/C12H13FN2O5S/c1-8-7-14(5-4-12(8)16)21(19,20)9-2-3-11(15(17)18)10(13)6-9/h2-3,6,8H,4-5,7H2,1H3. The minimum atomic E-state index is -3.96. The van der Waals surface area contributed by atoms with Crippen LogP contribution < -0.4 is 0 Å². The Morgan fingerprint density at radius 2 is 2.10 bits per heavy atom. The van der Waals surface area contributed by atoms with Gasteiger partial charge in [-0.3, -0.25) is 14.9 Å². The predicted molar refractivity (Wildman–Crippen MR) is 70.6 cm³/mol. The number of carbonyl (C=O) groups is 1.